The van der Waals surface area contributed by atoms with Crippen molar-refractivity contribution in [2.45, 2.75) is 19.4 Å². The van der Waals surface area contributed by atoms with Crippen molar-refractivity contribution in [1.29, 1.82) is 0 Å². The molecule has 0 aromatic carbocycles. The minimum absolute atomic E-state index is 0.412. The number of thiophene rings is 1. The van der Waals surface area contributed by atoms with Gasteiger partial charge in [-0.3, -0.25) is 0 Å². The fourth-order valence-corrected chi connectivity index (χ4v) is 5.26. The molecule has 1 aliphatic heterocycles. The van der Waals surface area contributed by atoms with Crippen molar-refractivity contribution in [3.05, 3.63) is 20.8 Å². The Balaban J connectivity index is 1.99. The molecular weight excluding hydrogens is 362 g/mol. The van der Waals surface area contributed by atoms with Gasteiger partial charge in [0.15, 0.2) is 0 Å². The van der Waals surface area contributed by atoms with Crippen molar-refractivity contribution in [3.8, 4) is 0 Å². The summed E-state index contributed by atoms with van der Waals surface area (Å²) in [6, 6.07) is 1.96. The molecule has 5 nitrogen and oxygen atoms in total. The molecule has 2 N–H and O–H groups in total. The van der Waals surface area contributed by atoms with Gasteiger partial charge in [-0.25, -0.2) is 0 Å². The molecule has 114 valence electrons. The zero-order chi connectivity index (χ0) is 14.8. The maximum absolute atomic E-state index is 12.5. The summed E-state index contributed by atoms with van der Waals surface area (Å²) in [5.41, 5.74) is 5.64. The average molecular weight is 382 g/mol. The molecule has 0 aliphatic carbocycles. The summed E-state index contributed by atoms with van der Waals surface area (Å²) in [6.45, 7) is 2.20. The fourth-order valence-electron chi connectivity index (χ4n) is 2.31. The SMILES string of the molecule is CN(Cc1cc(Br)cs1)S(=O)(=O)N1CCC(CN)CC1. The molecule has 0 spiro atoms. The molecule has 1 aromatic rings. The third-order valence-electron chi connectivity index (χ3n) is 3.63. The first-order valence-corrected chi connectivity index (χ1v) is 9.65. The minimum atomic E-state index is -3.37. The summed E-state index contributed by atoms with van der Waals surface area (Å²) in [7, 11) is -1.73. The number of halogens is 1. The van der Waals surface area contributed by atoms with Crippen LogP contribution in [0.15, 0.2) is 15.9 Å². The number of hydrogen-bond acceptors (Lipinski definition) is 4. The maximum atomic E-state index is 12.5. The van der Waals surface area contributed by atoms with Gasteiger partial charge in [0.25, 0.3) is 10.2 Å². The largest absolute Gasteiger partial charge is 0.330 e. The van der Waals surface area contributed by atoms with Crippen LogP contribution < -0.4 is 5.73 Å². The van der Waals surface area contributed by atoms with E-state index in [9.17, 15) is 8.42 Å². The van der Waals surface area contributed by atoms with E-state index < -0.39 is 10.2 Å². The number of nitrogens with zero attached hydrogens (tertiary/aromatic N) is 2. The Labute approximate surface area is 133 Å². The van der Waals surface area contributed by atoms with Gasteiger partial charge in [0.2, 0.25) is 0 Å². The van der Waals surface area contributed by atoms with E-state index in [4.69, 9.17) is 5.73 Å². The molecule has 1 saturated heterocycles. The number of piperidine rings is 1. The quantitative estimate of drug-likeness (QED) is 0.845. The summed E-state index contributed by atoms with van der Waals surface area (Å²) in [6.07, 6.45) is 1.71. The third kappa shape index (κ3) is 3.80. The predicted octanol–water partition coefficient (Wildman–Crippen LogP) is 1.86. The molecule has 8 heteroatoms. The highest BCUT2D eigenvalue weighted by Gasteiger charge is 2.30. The lowest BCUT2D eigenvalue weighted by Crippen LogP contribution is -2.46. The summed E-state index contributed by atoms with van der Waals surface area (Å²) < 4.78 is 29.0. The molecule has 1 aromatic heterocycles. The molecule has 0 unspecified atom stereocenters. The first-order valence-electron chi connectivity index (χ1n) is 6.58. The van der Waals surface area contributed by atoms with Crippen LogP contribution >= 0.6 is 27.3 Å². The second-order valence-electron chi connectivity index (χ2n) is 5.07. The minimum Gasteiger partial charge on any atom is -0.330 e. The summed E-state index contributed by atoms with van der Waals surface area (Å²) in [5, 5.41) is 1.96. The van der Waals surface area contributed by atoms with Gasteiger partial charge in [0.05, 0.1) is 0 Å². The smallest absolute Gasteiger partial charge is 0.282 e. The molecule has 2 heterocycles. The molecule has 1 fully saturated rings. The van der Waals surface area contributed by atoms with E-state index in [0.717, 1.165) is 22.2 Å². The van der Waals surface area contributed by atoms with Crippen molar-refractivity contribution in [3.63, 3.8) is 0 Å². The van der Waals surface area contributed by atoms with E-state index in [-0.39, 0.29) is 0 Å². The monoisotopic (exact) mass is 381 g/mol. The van der Waals surface area contributed by atoms with Crippen molar-refractivity contribution < 1.29 is 8.42 Å². The number of hydrogen-bond donors (Lipinski definition) is 1. The standard InChI is InChI=1S/C12H20BrN3O2S2/c1-15(8-12-6-11(13)9-19-12)20(17,18)16-4-2-10(7-14)3-5-16/h6,9-10H,2-5,7-8,14H2,1H3. The van der Waals surface area contributed by atoms with Gasteiger partial charge >= 0.3 is 0 Å². The Morgan fingerprint density at radius 1 is 1.50 bits per heavy atom. The molecule has 0 amide bonds. The zero-order valence-corrected chi connectivity index (χ0v) is 14.7. The zero-order valence-electron chi connectivity index (χ0n) is 11.5. The van der Waals surface area contributed by atoms with Crippen LogP contribution in [0.3, 0.4) is 0 Å². The van der Waals surface area contributed by atoms with Crippen LogP contribution in [0.1, 0.15) is 17.7 Å². The summed E-state index contributed by atoms with van der Waals surface area (Å²) >= 11 is 4.94. The van der Waals surface area contributed by atoms with Gasteiger partial charge in [0.1, 0.15) is 0 Å². The van der Waals surface area contributed by atoms with Crippen LogP contribution in [0.2, 0.25) is 0 Å². The van der Waals surface area contributed by atoms with Gasteiger partial charge in [-0.05, 0) is 47.3 Å². The van der Waals surface area contributed by atoms with Crippen LogP contribution in [0.4, 0.5) is 0 Å². The van der Waals surface area contributed by atoms with Crippen LogP contribution in [0.5, 0.6) is 0 Å². The summed E-state index contributed by atoms with van der Waals surface area (Å²) in [4.78, 5) is 1.03. The Hall–Kier alpha value is 0.01000. The van der Waals surface area contributed by atoms with Crippen molar-refractivity contribution in [2.75, 3.05) is 26.7 Å². The van der Waals surface area contributed by atoms with Crippen molar-refractivity contribution >= 4 is 37.5 Å². The average Bonchev–Trinajstić information content (AvgIpc) is 2.84. The third-order valence-corrected chi connectivity index (χ3v) is 7.24. The van der Waals surface area contributed by atoms with E-state index in [1.807, 2.05) is 11.4 Å². The molecule has 2 rings (SSSR count). The molecule has 0 bridgehead atoms. The number of rotatable bonds is 5. The molecule has 0 atom stereocenters. The summed E-state index contributed by atoms with van der Waals surface area (Å²) in [5.74, 6) is 0.458. The van der Waals surface area contributed by atoms with Crippen LogP contribution in [-0.4, -0.2) is 43.7 Å². The van der Waals surface area contributed by atoms with Gasteiger partial charge in [-0.15, -0.1) is 11.3 Å². The van der Waals surface area contributed by atoms with E-state index in [0.29, 0.717) is 32.1 Å². The van der Waals surface area contributed by atoms with Crippen molar-refractivity contribution in [2.24, 2.45) is 11.7 Å². The Kier molecular flexibility index (Phi) is 5.61. The second-order valence-corrected chi connectivity index (χ2v) is 9.02. The second kappa shape index (κ2) is 6.85. The maximum Gasteiger partial charge on any atom is 0.282 e. The van der Waals surface area contributed by atoms with E-state index in [1.165, 1.54) is 4.31 Å². The first kappa shape index (κ1) is 16.4. The lowest BCUT2D eigenvalue weighted by molar-refractivity contribution is 0.262. The van der Waals surface area contributed by atoms with Gasteiger partial charge in [-0.1, -0.05) is 0 Å². The molecule has 1 aliphatic rings. The number of nitrogens with two attached hydrogens (primary N) is 1. The molecule has 0 saturated carbocycles. The van der Waals surface area contributed by atoms with Gasteiger partial charge in [-0.2, -0.15) is 17.0 Å². The van der Waals surface area contributed by atoms with E-state index in [1.54, 1.807) is 22.7 Å². The van der Waals surface area contributed by atoms with Gasteiger partial charge in [0, 0.05) is 41.4 Å². The highest BCUT2D eigenvalue weighted by atomic mass is 79.9. The Morgan fingerprint density at radius 3 is 2.65 bits per heavy atom. The lowest BCUT2D eigenvalue weighted by Gasteiger charge is -2.33. The first-order chi connectivity index (χ1) is 9.43. The molecule has 20 heavy (non-hydrogen) atoms. The van der Waals surface area contributed by atoms with Crippen molar-refractivity contribution in [1.82, 2.24) is 8.61 Å². The predicted molar refractivity (Wildman–Crippen MR) is 85.8 cm³/mol. The lowest BCUT2D eigenvalue weighted by atomic mass is 9.99. The molecule has 0 radical (unpaired) electrons. The molecular formula is C12H20BrN3O2S2. The normalized spacial score (nSPS) is 18.8. The Bertz CT molecular complexity index is 539. The Morgan fingerprint density at radius 2 is 2.15 bits per heavy atom. The topological polar surface area (TPSA) is 66.6 Å². The van der Waals surface area contributed by atoms with Crippen LogP contribution in [0, 0.1) is 5.92 Å². The highest BCUT2D eigenvalue weighted by molar-refractivity contribution is 9.10. The highest BCUT2D eigenvalue weighted by Crippen LogP contribution is 2.24. The fraction of sp³-hybridized carbons (Fsp3) is 0.667. The van der Waals surface area contributed by atoms with E-state index >= 15 is 0 Å². The van der Waals surface area contributed by atoms with E-state index in [2.05, 4.69) is 15.9 Å². The van der Waals surface area contributed by atoms with Gasteiger partial charge < -0.3 is 5.73 Å². The van der Waals surface area contributed by atoms with Crippen LogP contribution in [0.25, 0.3) is 0 Å². The van der Waals surface area contributed by atoms with Crippen LogP contribution in [-0.2, 0) is 16.8 Å².